The Morgan fingerprint density at radius 3 is 3.06 bits per heavy atom. The van der Waals surface area contributed by atoms with Gasteiger partial charge in [-0.15, -0.1) is 11.3 Å². The van der Waals surface area contributed by atoms with Gasteiger partial charge in [-0.05, 0) is 26.9 Å². The van der Waals surface area contributed by atoms with Crippen molar-refractivity contribution in [1.29, 1.82) is 0 Å². The second-order valence-electron chi connectivity index (χ2n) is 4.88. The molecule has 1 aliphatic rings. The summed E-state index contributed by atoms with van der Waals surface area (Å²) < 4.78 is 0. The molecule has 0 radical (unpaired) electrons. The van der Waals surface area contributed by atoms with E-state index in [-0.39, 0.29) is 5.01 Å². The molecule has 100 valence electrons. The molecular weight excluding hydrogens is 250 g/mol. The fourth-order valence-corrected chi connectivity index (χ4v) is 2.99. The van der Waals surface area contributed by atoms with Crippen LogP contribution < -0.4 is 0 Å². The van der Waals surface area contributed by atoms with E-state index in [9.17, 15) is 4.79 Å². The number of rotatable bonds is 3. The molecule has 0 amide bonds. The molecule has 1 aromatic heterocycles. The van der Waals surface area contributed by atoms with Crippen molar-refractivity contribution in [1.82, 2.24) is 14.8 Å². The van der Waals surface area contributed by atoms with Crippen LogP contribution in [-0.4, -0.2) is 58.6 Å². The summed E-state index contributed by atoms with van der Waals surface area (Å²) in [5.74, 6) is -0.935. The molecule has 0 spiro atoms. The van der Waals surface area contributed by atoms with Crippen LogP contribution in [0.2, 0.25) is 0 Å². The first-order valence-electron chi connectivity index (χ1n) is 6.16. The van der Waals surface area contributed by atoms with Crippen LogP contribution in [0.5, 0.6) is 0 Å². The zero-order chi connectivity index (χ0) is 13.1. The minimum atomic E-state index is -0.935. The number of likely N-dealkylation sites (N-methyl/N-ethyl adjacent to an activating group) is 1. The van der Waals surface area contributed by atoms with E-state index < -0.39 is 5.97 Å². The average Bonchev–Trinajstić information content (AvgIpc) is 2.70. The maximum absolute atomic E-state index is 10.8. The molecule has 1 aliphatic heterocycles. The number of carboxylic acid groups (broad SMARTS) is 1. The van der Waals surface area contributed by atoms with E-state index in [1.54, 1.807) is 0 Å². The number of hydrogen-bond donors (Lipinski definition) is 1. The van der Waals surface area contributed by atoms with Gasteiger partial charge < -0.3 is 10.0 Å². The average molecular weight is 269 g/mol. The molecule has 1 N–H and O–H groups in total. The largest absolute Gasteiger partial charge is 0.476 e. The van der Waals surface area contributed by atoms with Gasteiger partial charge in [0.25, 0.3) is 0 Å². The van der Waals surface area contributed by atoms with Crippen LogP contribution in [0.1, 0.15) is 28.8 Å². The first-order valence-corrected chi connectivity index (χ1v) is 7.04. The third-order valence-corrected chi connectivity index (χ3v) is 4.16. The number of thiazole rings is 1. The molecule has 6 heteroatoms. The number of aromatic nitrogens is 1. The van der Waals surface area contributed by atoms with Crippen molar-refractivity contribution in [2.75, 3.05) is 26.7 Å². The molecule has 2 rings (SSSR count). The predicted molar refractivity (Wildman–Crippen MR) is 71.1 cm³/mol. The highest BCUT2D eigenvalue weighted by Gasteiger charge is 2.20. The van der Waals surface area contributed by atoms with Crippen molar-refractivity contribution in [3.63, 3.8) is 0 Å². The van der Waals surface area contributed by atoms with Gasteiger partial charge in [0, 0.05) is 31.1 Å². The summed E-state index contributed by atoms with van der Waals surface area (Å²) in [7, 11) is 2.14. The third kappa shape index (κ3) is 3.28. The van der Waals surface area contributed by atoms with Gasteiger partial charge in [-0.25, -0.2) is 9.78 Å². The summed E-state index contributed by atoms with van der Waals surface area (Å²) in [5, 5.41) is 10.9. The van der Waals surface area contributed by atoms with Gasteiger partial charge in [-0.1, -0.05) is 0 Å². The molecule has 1 fully saturated rings. The Hall–Kier alpha value is -0.980. The highest BCUT2D eigenvalue weighted by molar-refractivity contribution is 7.11. The fourth-order valence-electron chi connectivity index (χ4n) is 2.34. The first-order chi connectivity index (χ1) is 8.56. The Labute approximate surface area is 111 Å². The predicted octanol–water partition coefficient (Wildman–Crippen LogP) is 1.37. The number of hydrogen-bond acceptors (Lipinski definition) is 5. The molecule has 0 aliphatic carbocycles. The number of carbonyl (C=O) groups is 1. The molecule has 1 atom stereocenters. The smallest absolute Gasteiger partial charge is 0.365 e. The summed E-state index contributed by atoms with van der Waals surface area (Å²) in [4.78, 5) is 19.7. The molecule has 1 saturated heterocycles. The van der Waals surface area contributed by atoms with Gasteiger partial charge in [0.15, 0.2) is 0 Å². The Morgan fingerprint density at radius 1 is 1.61 bits per heavy atom. The normalized spacial score (nSPS) is 22.9. The van der Waals surface area contributed by atoms with E-state index in [1.165, 1.54) is 11.3 Å². The van der Waals surface area contributed by atoms with Gasteiger partial charge in [0.05, 0.1) is 5.69 Å². The first kappa shape index (κ1) is 13.5. The zero-order valence-corrected chi connectivity index (χ0v) is 11.6. The molecular formula is C12H19N3O2S. The van der Waals surface area contributed by atoms with E-state index >= 15 is 0 Å². The lowest BCUT2D eigenvalue weighted by Gasteiger charge is -2.26. The molecule has 1 aromatic rings. The molecule has 0 aromatic carbocycles. The minimum Gasteiger partial charge on any atom is -0.476 e. The summed E-state index contributed by atoms with van der Waals surface area (Å²) in [6.45, 7) is 6.19. The van der Waals surface area contributed by atoms with Gasteiger partial charge in [-0.2, -0.15) is 0 Å². The van der Waals surface area contributed by atoms with Crippen LogP contribution in [0.4, 0.5) is 0 Å². The van der Waals surface area contributed by atoms with Crippen LogP contribution in [0.15, 0.2) is 5.38 Å². The minimum absolute atomic E-state index is 0.185. The second kappa shape index (κ2) is 5.77. The Morgan fingerprint density at radius 2 is 2.39 bits per heavy atom. The van der Waals surface area contributed by atoms with Crippen molar-refractivity contribution in [2.24, 2.45) is 0 Å². The summed E-state index contributed by atoms with van der Waals surface area (Å²) >= 11 is 1.21. The van der Waals surface area contributed by atoms with Gasteiger partial charge >= 0.3 is 5.97 Å². The van der Waals surface area contributed by atoms with Crippen LogP contribution in [0.3, 0.4) is 0 Å². The Balaban J connectivity index is 2.00. The van der Waals surface area contributed by atoms with E-state index in [1.807, 2.05) is 5.38 Å². The van der Waals surface area contributed by atoms with E-state index in [4.69, 9.17) is 5.11 Å². The van der Waals surface area contributed by atoms with Crippen LogP contribution in [0, 0.1) is 0 Å². The van der Waals surface area contributed by atoms with Crippen molar-refractivity contribution < 1.29 is 9.90 Å². The molecule has 2 heterocycles. The summed E-state index contributed by atoms with van der Waals surface area (Å²) in [6.07, 6.45) is 1.15. The van der Waals surface area contributed by atoms with Crippen molar-refractivity contribution in [3.8, 4) is 0 Å². The fraction of sp³-hybridized carbons (Fsp3) is 0.667. The topological polar surface area (TPSA) is 56.7 Å². The summed E-state index contributed by atoms with van der Waals surface area (Å²) in [5.41, 5.74) is 0.869. The standard InChI is InChI=1S/C12H19N3O2S/c1-9-6-14(2)4-3-5-15(9)7-10-8-18-11(13-10)12(16)17/h8-9H,3-7H2,1-2H3,(H,16,17). The monoisotopic (exact) mass is 269 g/mol. The van der Waals surface area contributed by atoms with E-state index in [0.717, 1.165) is 38.3 Å². The van der Waals surface area contributed by atoms with Crippen LogP contribution in [-0.2, 0) is 6.54 Å². The Bertz CT molecular complexity index is 421. The molecule has 0 bridgehead atoms. The number of carboxylic acids is 1. The zero-order valence-electron chi connectivity index (χ0n) is 10.8. The number of nitrogens with zero attached hydrogens (tertiary/aromatic N) is 3. The van der Waals surface area contributed by atoms with E-state index in [0.29, 0.717) is 6.04 Å². The van der Waals surface area contributed by atoms with E-state index in [2.05, 4.69) is 28.8 Å². The molecule has 5 nitrogen and oxygen atoms in total. The third-order valence-electron chi connectivity index (χ3n) is 3.28. The van der Waals surface area contributed by atoms with Crippen LogP contribution >= 0.6 is 11.3 Å². The quantitative estimate of drug-likeness (QED) is 0.898. The maximum atomic E-state index is 10.8. The lowest BCUT2D eigenvalue weighted by atomic mass is 10.2. The molecule has 18 heavy (non-hydrogen) atoms. The number of aromatic carboxylic acids is 1. The second-order valence-corrected chi connectivity index (χ2v) is 5.74. The lowest BCUT2D eigenvalue weighted by Crippen LogP contribution is -2.37. The highest BCUT2D eigenvalue weighted by atomic mass is 32.1. The van der Waals surface area contributed by atoms with Gasteiger partial charge in [0.2, 0.25) is 5.01 Å². The van der Waals surface area contributed by atoms with Crippen molar-refractivity contribution >= 4 is 17.3 Å². The molecule has 1 unspecified atom stereocenters. The molecule has 0 saturated carbocycles. The maximum Gasteiger partial charge on any atom is 0.365 e. The van der Waals surface area contributed by atoms with Crippen molar-refractivity contribution in [3.05, 3.63) is 16.1 Å². The lowest BCUT2D eigenvalue weighted by molar-refractivity contribution is 0.0696. The van der Waals surface area contributed by atoms with Gasteiger partial charge in [0.1, 0.15) is 0 Å². The highest BCUT2D eigenvalue weighted by Crippen LogP contribution is 2.15. The SMILES string of the molecule is CC1CN(C)CCCN1Cc1csc(C(=O)O)n1. The van der Waals surface area contributed by atoms with Crippen LogP contribution in [0.25, 0.3) is 0 Å². The van der Waals surface area contributed by atoms with Crippen molar-refractivity contribution in [2.45, 2.75) is 25.9 Å². The Kier molecular flexibility index (Phi) is 4.31. The summed E-state index contributed by atoms with van der Waals surface area (Å²) in [6, 6.07) is 0.479. The van der Waals surface area contributed by atoms with Gasteiger partial charge in [-0.3, -0.25) is 4.90 Å².